The molecule has 0 aromatic carbocycles. The van der Waals surface area contributed by atoms with Crippen LogP contribution < -0.4 is 5.32 Å². The number of nitrogens with one attached hydrogen (secondary N) is 1. The summed E-state index contributed by atoms with van der Waals surface area (Å²) < 4.78 is 5.29. The smallest absolute Gasteiger partial charge is 0.0478 e. The van der Waals surface area contributed by atoms with Gasteiger partial charge in [0.15, 0.2) is 0 Å². The molecule has 0 amide bonds. The molecule has 0 aliphatic carbocycles. The van der Waals surface area contributed by atoms with Gasteiger partial charge >= 0.3 is 0 Å². The maximum Gasteiger partial charge on any atom is 0.0478 e. The summed E-state index contributed by atoms with van der Waals surface area (Å²) in [5.41, 5.74) is 0. The number of hydrogen-bond acceptors (Lipinski definition) is 2. The van der Waals surface area contributed by atoms with E-state index in [-0.39, 0.29) is 0 Å². The van der Waals surface area contributed by atoms with E-state index in [1.54, 1.807) is 0 Å². The highest BCUT2D eigenvalue weighted by Gasteiger charge is 1.88. The molecule has 0 rings (SSSR count). The Hall–Kier alpha value is -0.0800. The van der Waals surface area contributed by atoms with E-state index >= 15 is 0 Å². The average molecular weight is 172 g/mol. The number of ether oxygens (including phenoxy) is 1. The molecule has 0 unspecified atom stereocenters. The highest BCUT2D eigenvalue weighted by atomic mass is 16.5. The van der Waals surface area contributed by atoms with Gasteiger partial charge in [-0.3, -0.25) is 0 Å². The summed E-state index contributed by atoms with van der Waals surface area (Å²) in [7, 11) is 0. The minimum absolute atomic E-state index is 0.801. The fraction of sp³-hybridized carbons (Fsp3) is 0.900. The summed E-state index contributed by atoms with van der Waals surface area (Å²) in [5, 5.41) is 3.37. The zero-order valence-electron chi connectivity index (χ0n) is 8.27. The van der Waals surface area contributed by atoms with Crippen molar-refractivity contribution in [3.8, 4) is 0 Å². The zero-order chi connectivity index (χ0) is 9.07. The zero-order valence-corrected chi connectivity index (χ0v) is 8.27. The molecule has 0 bridgehead atoms. The maximum atomic E-state index is 5.29. The number of unbranched alkanes of at least 4 members (excludes halogenated alkanes) is 1. The second-order valence-electron chi connectivity index (χ2n) is 2.92. The molecule has 0 saturated carbocycles. The van der Waals surface area contributed by atoms with Crippen LogP contribution in [0.2, 0.25) is 0 Å². The number of hydrogen-bond donors (Lipinski definition) is 1. The molecule has 0 aliphatic rings. The third-order valence-electron chi connectivity index (χ3n) is 1.64. The minimum atomic E-state index is 0.801. The predicted octanol–water partition coefficient (Wildman–Crippen LogP) is 2.01. The lowest BCUT2D eigenvalue weighted by Gasteiger charge is -2.03. The molecule has 0 heterocycles. The third-order valence-corrected chi connectivity index (χ3v) is 1.64. The first-order valence-electron chi connectivity index (χ1n) is 4.99. The van der Waals surface area contributed by atoms with Crippen LogP contribution in [0.4, 0.5) is 0 Å². The van der Waals surface area contributed by atoms with Crippen molar-refractivity contribution in [1.82, 2.24) is 5.32 Å². The van der Waals surface area contributed by atoms with Gasteiger partial charge in [-0.15, -0.1) is 0 Å². The van der Waals surface area contributed by atoms with Crippen LogP contribution in [-0.2, 0) is 4.74 Å². The Morgan fingerprint density at radius 1 is 1.17 bits per heavy atom. The topological polar surface area (TPSA) is 21.3 Å². The van der Waals surface area contributed by atoms with Crippen LogP contribution in [0.15, 0.2) is 0 Å². The summed E-state index contributed by atoms with van der Waals surface area (Å²) in [6, 6.07) is 0. The van der Waals surface area contributed by atoms with E-state index in [0.29, 0.717) is 0 Å². The first kappa shape index (κ1) is 11.9. The Bertz CT molecular complexity index is 66.2. The monoisotopic (exact) mass is 172 g/mol. The van der Waals surface area contributed by atoms with Crippen LogP contribution in [0.3, 0.4) is 0 Å². The van der Waals surface area contributed by atoms with Crippen molar-refractivity contribution >= 4 is 0 Å². The van der Waals surface area contributed by atoms with Gasteiger partial charge in [0, 0.05) is 13.2 Å². The van der Waals surface area contributed by atoms with Crippen LogP contribution in [0.5, 0.6) is 0 Å². The lowest BCUT2D eigenvalue weighted by molar-refractivity contribution is 0.136. The highest BCUT2D eigenvalue weighted by molar-refractivity contribution is 4.47. The quantitative estimate of drug-likeness (QED) is 0.537. The lowest BCUT2D eigenvalue weighted by Crippen LogP contribution is -2.17. The largest absolute Gasteiger partial charge is 0.381 e. The van der Waals surface area contributed by atoms with E-state index in [9.17, 15) is 0 Å². The van der Waals surface area contributed by atoms with E-state index in [4.69, 9.17) is 4.74 Å². The Morgan fingerprint density at radius 2 is 1.92 bits per heavy atom. The molecule has 0 aromatic heterocycles. The van der Waals surface area contributed by atoms with E-state index in [1.807, 2.05) is 0 Å². The van der Waals surface area contributed by atoms with Gasteiger partial charge in [-0.1, -0.05) is 20.3 Å². The van der Waals surface area contributed by atoms with Crippen molar-refractivity contribution in [2.45, 2.75) is 32.6 Å². The molecule has 1 radical (unpaired) electrons. The molecule has 1 N–H and O–H groups in total. The van der Waals surface area contributed by atoms with Gasteiger partial charge in [0.1, 0.15) is 0 Å². The summed E-state index contributed by atoms with van der Waals surface area (Å²) in [6.45, 7) is 9.81. The molecule has 0 atom stereocenters. The Balaban J connectivity index is 2.73. The Labute approximate surface area is 76.7 Å². The minimum Gasteiger partial charge on any atom is -0.381 e. The summed E-state index contributed by atoms with van der Waals surface area (Å²) in [6.07, 6.45) is 4.54. The molecule has 2 heteroatoms. The van der Waals surface area contributed by atoms with E-state index in [0.717, 1.165) is 39.1 Å². The van der Waals surface area contributed by atoms with E-state index in [1.165, 1.54) is 12.8 Å². The van der Waals surface area contributed by atoms with Crippen LogP contribution in [0.25, 0.3) is 0 Å². The first-order valence-corrected chi connectivity index (χ1v) is 4.99. The summed E-state index contributed by atoms with van der Waals surface area (Å²) in [4.78, 5) is 0. The molecule has 73 valence electrons. The molecule has 0 spiro atoms. The van der Waals surface area contributed by atoms with Crippen LogP contribution in [0.1, 0.15) is 32.6 Å². The van der Waals surface area contributed by atoms with Crippen LogP contribution >= 0.6 is 0 Å². The van der Waals surface area contributed by atoms with Crippen molar-refractivity contribution < 1.29 is 4.74 Å². The Morgan fingerprint density at radius 3 is 2.58 bits per heavy atom. The molecular weight excluding hydrogens is 150 g/mol. The maximum absolute atomic E-state index is 5.29. The van der Waals surface area contributed by atoms with Crippen molar-refractivity contribution in [2.75, 3.05) is 26.3 Å². The molecule has 0 fully saturated rings. The molecule has 0 aromatic rings. The predicted molar refractivity (Wildman–Crippen MR) is 53.2 cm³/mol. The van der Waals surface area contributed by atoms with Crippen molar-refractivity contribution in [3.63, 3.8) is 0 Å². The molecular formula is C10H22NO. The first-order chi connectivity index (χ1) is 5.91. The average Bonchev–Trinajstić information content (AvgIpc) is 2.10. The van der Waals surface area contributed by atoms with E-state index in [2.05, 4.69) is 19.2 Å². The molecule has 0 saturated heterocycles. The van der Waals surface area contributed by atoms with Crippen molar-refractivity contribution in [1.29, 1.82) is 0 Å². The second-order valence-corrected chi connectivity index (χ2v) is 2.92. The molecule has 2 nitrogen and oxygen atoms in total. The van der Waals surface area contributed by atoms with Crippen molar-refractivity contribution in [2.24, 2.45) is 0 Å². The third kappa shape index (κ3) is 9.92. The highest BCUT2D eigenvalue weighted by Crippen LogP contribution is 1.85. The standard InChI is InChI=1S/C10H22NO/c1-3-5-7-11-8-6-10-12-9-4-2/h11H,2-10H2,1H3. The van der Waals surface area contributed by atoms with Gasteiger partial charge in [0.25, 0.3) is 0 Å². The fourth-order valence-corrected chi connectivity index (χ4v) is 0.930. The van der Waals surface area contributed by atoms with Gasteiger partial charge in [0.2, 0.25) is 0 Å². The molecule has 0 aliphatic heterocycles. The summed E-state index contributed by atoms with van der Waals surface area (Å²) >= 11 is 0. The van der Waals surface area contributed by atoms with Gasteiger partial charge in [0.05, 0.1) is 0 Å². The van der Waals surface area contributed by atoms with Gasteiger partial charge in [-0.05, 0) is 32.4 Å². The molecule has 12 heavy (non-hydrogen) atoms. The van der Waals surface area contributed by atoms with Gasteiger partial charge in [-0.25, -0.2) is 0 Å². The van der Waals surface area contributed by atoms with Crippen LogP contribution in [0, 0.1) is 6.92 Å². The van der Waals surface area contributed by atoms with Gasteiger partial charge < -0.3 is 10.1 Å². The van der Waals surface area contributed by atoms with Crippen molar-refractivity contribution in [3.05, 3.63) is 6.92 Å². The fourth-order valence-electron chi connectivity index (χ4n) is 0.930. The van der Waals surface area contributed by atoms with Crippen LogP contribution in [-0.4, -0.2) is 26.3 Å². The lowest BCUT2D eigenvalue weighted by atomic mass is 10.3. The SMILES string of the molecule is [CH2]CCOCCCNCCCC. The van der Waals surface area contributed by atoms with Gasteiger partial charge in [-0.2, -0.15) is 0 Å². The van der Waals surface area contributed by atoms with E-state index < -0.39 is 0 Å². The summed E-state index contributed by atoms with van der Waals surface area (Å²) in [5.74, 6) is 0. The normalized spacial score (nSPS) is 10.5. The number of rotatable bonds is 9. The Kier molecular flexibility index (Phi) is 10.8. The second kappa shape index (κ2) is 10.9.